The van der Waals surface area contributed by atoms with Crippen LogP contribution >= 0.6 is 23.0 Å². The minimum Gasteiger partial charge on any atom is -0.272 e. The number of carbonyl (C=O) groups excluding carboxylic acids is 1. The van der Waals surface area contributed by atoms with E-state index in [4.69, 9.17) is 3.17 Å². The average molecular weight is 313 g/mol. The second-order valence-corrected chi connectivity index (χ2v) is 5.89. The Labute approximate surface area is 101 Å². The third-order valence-electron chi connectivity index (χ3n) is 1.94. The maximum Gasteiger partial charge on any atom is 0.252 e. The normalized spacial score (nSPS) is 12.8. The molecule has 14 heavy (non-hydrogen) atoms. The van der Waals surface area contributed by atoms with Crippen molar-refractivity contribution in [2.24, 2.45) is 10.8 Å². The molecule has 0 atom stereocenters. The van der Waals surface area contributed by atoms with Crippen molar-refractivity contribution >= 4 is 28.9 Å². The number of hydroxylamine groups is 2. The van der Waals surface area contributed by atoms with Gasteiger partial charge in [-0.05, 0) is 11.8 Å². The number of nitrogens with zero attached hydrogens (tertiary/aromatic N) is 1. The van der Waals surface area contributed by atoms with Crippen molar-refractivity contribution in [2.45, 2.75) is 41.0 Å². The van der Waals surface area contributed by atoms with Crippen LogP contribution < -0.4 is 0 Å². The topological polar surface area (TPSA) is 29.5 Å². The molecule has 0 bridgehead atoms. The van der Waals surface area contributed by atoms with Gasteiger partial charge in [-0.25, -0.2) is 8.23 Å². The first kappa shape index (κ1) is 14.2. The highest BCUT2D eigenvalue weighted by Gasteiger charge is 2.34. The van der Waals surface area contributed by atoms with E-state index in [-0.39, 0.29) is 16.7 Å². The fraction of sp³-hybridized carbons (Fsp3) is 0.900. The van der Waals surface area contributed by atoms with Crippen molar-refractivity contribution in [2.75, 3.05) is 7.05 Å². The van der Waals surface area contributed by atoms with Gasteiger partial charge in [0, 0.05) is 12.5 Å². The quantitative estimate of drug-likeness (QED) is 0.591. The lowest BCUT2D eigenvalue weighted by Gasteiger charge is -2.32. The number of amides is 1. The highest BCUT2D eigenvalue weighted by atomic mass is 127. The second-order valence-electron chi connectivity index (χ2n) is 5.49. The van der Waals surface area contributed by atoms with Gasteiger partial charge in [0.05, 0.1) is 0 Å². The molecule has 1 amide bonds. The highest BCUT2D eigenvalue weighted by Crippen LogP contribution is 2.34. The van der Waals surface area contributed by atoms with Crippen LogP contribution in [0.3, 0.4) is 0 Å². The lowest BCUT2D eigenvalue weighted by molar-refractivity contribution is -0.158. The van der Waals surface area contributed by atoms with Crippen LogP contribution in [0.1, 0.15) is 41.0 Å². The Hall–Kier alpha value is 0.160. The molecule has 0 aliphatic rings. The molecule has 0 unspecified atom stereocenters. The largest absolute Gasteiger partial charge is 0.272 e. The second kappa shape index (κ2) is 4.79. The summed E-state index contributed by atoms with van der Waals surface area (Å²) in [6, 6.07) is 0. The van der Waals surface area contributed by atoms with Crippen LogP contribution in [0, 0.1) is 10.8 Å². The summed E-state index contributed by atoms with van der Waals surface area (Å²) in [5, 5.41) is 1.28. The van der Waals surface area contributed by atoms with Gasteiger partial charge in [0.25, 0.3) is 5.91 Å². The molecule has 0 spiro atoms. The Morgan fingerprint density at radius 3 is 2.00 bits per heavy atom. The summed E-state index contributed by atoms with van der Waals surface area (Å²) in [6.07, 6.45) is 0.836. The van der Waals surface area contributed by atoms with Crippen molar-refractivity contribution in [3.05, 3.63) is 0 Å². The first-order chi connectivity index (χ1) is 6.10. The maximum absolute atomic E-state index is 11.9. The Morgan fingerprint density at radius 1 is 1.29 bits per heavy atom. The van der Waals surface area contributed by atoms with Crippen LogP contribution in [-0.4, -0.2) is 18.0 Å². The summed E-state index contributed by atoms with van der Waals surface area (Å²) < 4.78 is 4.87. The van der Waals surface area contributed by atoms with E-state index < -0.39 is 0 Å². The molecule has 0 rings (SSSR count). The van der Waals surface area contributed by atoms with Crippen molar-refractivity contribution < 1.29 is 7.96 Å². The monoisotopic (exact) mass is 313 g/mol. The summed E-state index contributed by atoms with van der Waals surface area (Å²) >= 11 is 1.71. The molecule has 0 heterocycles. The minimum atomic E-state index is -0.377. The van der Waals surface area contributed by atoms with E-state index in [0.717, 1.165) is 6.42 Å². The fourth-order valence-electron chi connectivity index (χ4n) is 1.86. The van der Waals surface area contributed by atoms with Gasteiger partial charge in [0.2, 0.25) is 0 Å². The Kier molecular flexibility index (Phi) is 4.84. The van der Waals surface area contributed by atoms with E-state index in [9.17, 15) is 4.79 Å². The van der Waals surface area contributed by atoms with Gasteiger partial charge in [-0.1, -0.05) is 34.6 Å². The summed E-state index contributed by atoms with van der Waals surface area (Å²) in [5.74, 6) is 0.0156. The Morgan fingerprint density at radius 2 is 1.71 bits per heavy atom. The van der Waals surface area contributed by atoms with Gasteiger partial charge in [0.15, 0.2) is 0 Å². The van der Waals surface area contributed by atoms with E-state index in [1.54, 1.807) is 30.1 Å². The first-order valence-corrected chi connectivity index (χ1v) is 5.55. The van der Waals surface area contributed by atoms with Gasteiger partial charge in [-0.3, -0.25) is 4.79 Å². The summed E-state index contributed by atoms with van der Waals surface area (Å²) in [6.45, 7) is 10.3. The smallest absolute Gasteiger partial charge is 0.252 e. The average Bonchev–Trinajstić information content (AvgIpc) is 1.97. The number of hydrogen-bond acceptors (Lipinski definition) is 2. The Bertz CT molecular complexity index is 209. The zero-order valence-corrected chi connectivity index (χ0v) is 12.0. The SMILES string of the molecule is CN(OI)C(=O)C(C)(C)CC(C)(C)C. The van der Waals surface area contributed by atoms with Gasteiger partial charge in [-0.15, -0.1) is 0 Å². The number of carbonyl (C=O) groups is 1. The number of halogens is 1. The van der Waals surface area contributed by atoms with E-state index in [2.05, 4.69) is 20.8 Å². The van der Waals surface area contributed by atoms with Crippen LogP contribution in [0.5, 0.6) is 0 Å². The number of rotatable bonds is 3. The highest BCUT2D eigenvalue weighted by molar-refractivity contribution is 14.1. The minimum absolute atomic E-state index is 0.0156. The van der Waals surface area contributed by atoms with Crippen LogP contribution in [-0.2, 0) is 7.96 Å². The predicted octanol–water partition coefficient (Wildman–Crippen LogP) is 3.19. The molecular formula is C10H20INO2. The zero-order valence-electron chi connectivity index (χ0n) is 9.85. The van der Waals surface area contributed by atoms with E-state index in [1.807, 2.05) is 13.8 Å². The van der Waals surface area contributed by atoms with Gasteiger partial charge >= 0.3 is 0 Å². The van der Waals surface area contributed by atoms with Crippen LogP contribution in [0.15, 0.2) is 0 Å². The maximum atomic E-state index is 11.9. The molecule has 3 nitrogen and oxygen atoms in total. The molecule has 0 radical (unpaired) electrons. The van der Waals surface area contributed by atoms with Gasteiger partial charge in [-0.2, -0.15) is 0 Å². The molecule has 0 saturated carbocycles. The van der Waals surface area contributed by atoms with Crippen LogP contribution in [0.4, 0.5) is 0 Å². The lowest BCUT2D eigenvalue weighted by Crippen LogP contribution is -2.39. The standard InChI is InChI=1S/C10H20INO2/c1-9(2,3)7-10(4,5)8(13)12(6)14-11/h7H2,1-6H3. The van der Waals surface area contributed by atoms with Crippen molar-refractivity contribution in [1.82, 2.24) is 5.06 Å². The molecule has 0 aromatic heterocycles. The third-order valence-corrected chi connectivity index (χ3v) is 2.53. The molecular weight excluding hydrogens is 293 g/mol. The molecule has 0 aromatic rings. The van der Waals surface area contributed by atoms with E-state index in [1.165, 1.54) is 5.06 Å². The molecule has 0 saturated heterocycles. The molecule has 84 valence electrons. The number of hydrogen-bond donors (Lipinski definition) is 0. The Balaban J connectivity index is 4.54. The summed E-state index contributed by atoms with van der Waals surface area (Å²) in [4.78, 5) is 11.9. The van der Waals surface area contributed by atoms with Crippen molar-refractivity contribution in [1.29, 1.82) is 0 Å². The van der Waals surface area contributed by atoms with E-state index >= 15 is 0 Å². The first-order valence-electron chi connectivity index (χ1n) is 4.67. The molecule has 0 aliphatic carbocycles. The third kappa shape index (κ3) is 4.59. The van der Waals surface area contributed by atoms with Gasteiger partial charge < -0.3 is 0 Å². The fourth-order valence-corrected chi connectivity index (χ4v) is 2.04. The van der Waals surface area contributed by atoms with Gasteiger partial charge in [0.1, 0.15) is 23.0 Å². The van der Waals surface area contributed by atoms with Crippen LogP contribution in [0.2, 0.25) is 0 Å². The molecule has 0 N–H and O–H groups in total. The van der Waals surface area contributed by atoms with E-state index in [0.29, 0.717) is 0 Å². The summed E-state index contributed by atoms with van der Waals surface area (Å²) in [7, 11) is 1.64. The lowest BCUT2D eigenvalue weighted by atomic mass is 9.76. The van der Waals surface area contributed by atoms with Crippen LogP contribution in [0.25, 0.3) is 0 Å². The summed E-state index contributed by atoms with van der Waals surface area (Å²) in [5.41, 5.74) is -0.233. The molecule has 0 fully saturated rings. The van der Waals surface area contributed by atoms with Crippen molar-refractivity contribution in [3.8, 4) is 0 Å². The zero-order chi connectivity index (χ0) is 11.6. The predicted molar refractivity (Wildman–Crippen MR) is 65.7 cm³/mol. The molecule has 0 aliphatic heterocycles. The molecule has 0 aromatic carbocycles. The molecule has 4 heteroatoms. The van der Waals surface area contributed by atoms with Crippen molar-refractivity contribution in [3.63, 3.8) is 0 Å².